The Morgan fingerprint density at radius 2 is 2.25 bits per heavy atom. The second-order valence-electron chi connectivity index (χ2n) is 4.77. The molecule has 0 radical (unpaired) electrons. The number of carbonyl (C=O) groups is 1. The summed E-state index contributed by atoms with van der Waals surface area (Å²) in [5.74, 6) is 1.20. The first kappa shape index (κ1) is 17.3. The van der Waals surface area contributed by atoms with Gasteiger partial charge < -0.3 is 15.4 Å². The Morgan fingerprint density at radius 1 is 1.55 bits per heavy atom. The predicted molar refractivity (Wildman–Crippen MR) is 86.7 cm³/mol. The van der Waals surface area contributed by atoms with Crippen molar-refractivity contribution < 1.29 is 9.53 Å². The summed E-state index contributed by atoms with van der Waals surface area (Å²) in [6.07, 6.45) is 0. The summed E-state index contributed by atoms with van der Waals surface area (Å²) < 4.78 is 6.48. The first-order valence-electron chi connectivity index (χ1n) is 6.55. The van der Waals surface area contributed by atoms with E-state index in [0.29, 0.717) is 18.3 Å². The van der Waals surface area contributed by atoms with Gasteiger partial charge in [-0.05, 0) is 44.1 Å². The number of halogens is 2. The summed E-state index contributed by atoms with van der Waals surface area (Å²) in [5.41, 5.74) is 0.731. The van der Waals surface area contributed by atoms with E-state index in [1.165, 1.54) is 0 Å². The fourth-order valence-corrected chi connectivity index (χ4v) is 2.34. The SMILES string of the molecule is CCOc1cc(Br)ccc1NC(=O)C(C)C1CNC1.Cl. The molecule has 0 aliphatic carbocycles. The van der Waals surface area contributed by atoms with E-state index < -0.39 is 0 Å². The summed E-state index contributed by atoms with van der Waals surface area (Å²) in [7, 11) is 0. The fraction of sp³-hybridized carbons (Fsp3) is 0.500. The minimum atomic E-state index is 0. The van der Waals surface area contributed by atoms with Gasteiger partial charge in [0.25, 0.3) is 0 Å². The summed E-state index contributed by atoms with van der Waals surface area (Å²) in [6, 6.07) is 5.63. The number of hydrogen-bond donors (Lipinski definition) is 2. The average molecular weight is 364 g/mol. The van der Waals surface area contributed by atoms with Crippen LogP contribution in [-0.4, -0.2) is 25.6 Å². The lowest BCUT2D eigenvalue weighted by Gasteiger charge is -2.31. The Kier molecular flexibility index (Phi) is 6.79. The molecular weight excluding hydrogens is 344 g/mol. The second kappa shape index (κ2) is 7.86. The minimum absolute atomic E-state index is 0. The molecule has 20 heavy (non-hydrogen) atoms. The number of hydrogen-bond acceptors (Lipinski definition) is 3. The van der Waals surface area contributed by atoms with Crippen LogP contribution in [0.15, 0.2) is 22.7 Å². The first-order chi connectivity index (χ1) is 9.11. The molecule has 1 atom stereocenters. The molecule has 1 aliphatic heterocycles. The fourth-order valence-electron chi connectivity index (χ4n) is 2.00. The van der Waals surface area contributed by atoms with Crippen molar-refractivity contribution in [2.45, 2.75) is 13.8 Å². The molecule has 1 aromatic rings. The molecule has 1 aliphatic rings. The van der Waals surface area contributed by atoms with Crippen LogP contribution in [0.4, 0.5) is 5.69 Å². The highest BCUT2D eigenvalue weighted by atomic mass is 79.9. The highest BCUT2D eigenvalue weighted by molar-refractivity contribution is 9.10. The normalized spacial score (nSPS) is 15.8. The van der Waals surface area contributed by atoms with Crippen LogP contribution in [0.3, 0.4) is 0 Å². The molecule has 1 unspecified atom stereocenters. The largest absolute Gasteiger partial charge is 0.492 e. The number of amides is 1. The molecule has 1 saturated heterocycles. The van der Waals surface area contributed by atoms with Gasteiger partial charge in [-0.3, -0.25) is 4.79 Å². The zero-order chi connectivity index (χ0) is 13.8. The quantitative estimate of drug-likeness (QED) is 0.845. The van der Waals surface area contributed by atoms with Gasteiger partial charge in [-0.2, -0.15) is 0 Å². The van der Waals surface area contributed by atoms with Crippen LogP contribution in [0.2, 0.25) is 0 Å². The van der Waals surface area contributed by atoms with E-state index in [4.69, 9.17) is 4.74 Å². The molecular formula is C14H20BrClN2O2. The van der Waals surface area contributed by atoms with Crippen molar-refractivity contribution in [3.8, 4) is 5.75 Å². The van der Waals surface area contributed by atoms with Gasteiger partial charge >= 0.3 is 0 Å². The van der Waals surface area contributed by atoms with Gasteiger partial charge in [-0.15, -0.1) is 12.4 Å². The Hall–Kier alpha value is -0.780. The lowest BCUT2D eigenvalue weighted by molar-refractivity contribution is -0.121. The van der Waals surface area contributed by atoms with Gasteiger partial charge in [-0.25, -0.2) is 0 Å². The maximum atomic E-state index is 12.2. The van der Waals surface area contributed by atoms with Gasteiger partial charge in [0.1, 0.15) is 5.75 Å². The van der Waals surface area contributed by atoms with E-state index in [9.17, 15) is 4.79 Å². The molecule has 2 N–H and O–H groups in total. The van der Waals surface area contributed by atoms with Crippen LogP contribution < -0.4 is 15.4 Å². The number of anilines is 1. The Labute approximate surface area is 134 Å². The first-order valence-corrected chi connectivity index (χ1v) is 7.35. The van der Waals surface area contributed by atoms with Crippen LogP contribution in [0.5, 0.6) is 5.75 Å². The topological polar surface area (TPSA) is 50.4 Å². The van der Waals surface area contributed by atoms with Crippen molar-refractivity contribution in [1.82, 2.24) is 5.32 Å². The van der Waals surface area contributed by atoms with Crippen LogP contribution in [-0.2, 0) is 4.79 Å². The van der Waals surface area contributed by atoms with E-state index in [1.807, 2.05) is 32.0 Å². The van der Waals surface area contributed by atoms with Gasteiger partial charge in [0, 0.05) is 10.4 Å². The molecule has 1 fully saturated rings. The minimum Gasteiger partial charge on any atom is -0.492 e. The summed E-state index contributed by atoms with van der Waals surface area (Å²) in [5, 5.41) is 6.15. The van der Waals surface area contributed by atoms with Crippen LogP contribution in [0, 0.1) is 11.8 Å². The zero-order valence-corrected chi connectivity index (χ0v) is 14.0. The standard InChI is InChI=1S/C14H19BrN2O2.ClH/c1-3-19-13-6-11(15)4-5-12(13)17-14(18)9(2)10-7-16-8-10;/h4-6,9-10,16H,3,7-8H2,1-2H3,(H,17,18);1H. The van der Waals surface area contributed by atoms with Crippen molar-refractivity contribution in [2.75, 3.05) is 25.0 Å². The number of benzene rings is 1. The number of nitrogens with one attached hydrogen (secondary N) is 2. The molecule has 0 spiro atoms. The number of rotatable bonds is 5. The molecule has 2 rings (SSSR count). The Bertz CT molecular complexity index is 466. The van der Waals surface area contributed by atoms with Gasteiger partial charge in [0.05, 0.1) is 12.3 Å². The van der Waals surface area contributed by atoms with Crippen LogP contribution >= 0.6 is 28.3 Å². The van der Waals surface area contributed by atoms with E-state index in [2.05, 4.69) is 26.6 Å². The van der Waals surface area contributed by atoms with E-state index >= 15 is 0 Å². The van der Waals surface area contributed by atoms with Gasteiger partial charge in [0.2, 0.25) is 5.91 Å². The van der Waals surface area contributed by atoms with Crippen molar-refractivity contribution in [1.29, 1.82) is 0 Å². The smallest absolute Gasteiger partial charge is 0.227 e. The third-order valence-electron chi connectivity index (χ3n) is 3.44. The van der Waals surface area contributed by atoms with Crippen molar-refractivity contribution >= 4 is 39.9 Å². The third kappa shape index (κ3) is 4.11. The summed E-state index contributed by atoms with van der Waals surface area (Å²) in [6.45, 7) is 6.32. The van der Waals surface area contributed by atoms with Gasteiger partial charge in [-0.1, -0.05) is 22.9 Å². The number of ether oxygens (including phenoxy) is 1. The molecule has 4 nitrogen and oxygen atoms in total. The third-order valence-corrected chi connectivity index (χ3v) is 3.93. The molecule has 0 aromatic heterocycles. The van der Waals surface area contributed by atoms with Crippen molar-refractivity contribution in [3.63, 3.8) is 0 Å². The summed E-state index contributed by atoms with van der Waals surface area (Å²) >= 11 is 3.40. The van der Waals surface area contributed by atoms with Crippen molar-refractivity contribution in [2.24, 2.45) is 11.8 Å². The monoisotopic (exact) mass is 362 g/mol. The average Bonchev–Trinajstić information content (AvgIpc) is 2.30. The maximum absolute atomic E-state index is 12.2. The lowest BCUT2D eigenvalue weighted by Crippen LogP contribution is -2.48. The number of carbonyl (C=O) groups excluding carboxylic acids is 1. The van der Waals surface area contributed by atoms with Crippen molar-refractivity contribution in [3.05, 3.63) is 22.7 Å². The highest BCUT2D eigenvalue weighted by Crippen LogP contribution is 2.29. The molecule has 0 saturated carbocycles. The summed E-state index contributed by atoms with van der Waals surface area (Å²) in [4.78, 5) is 12.2. The second-order valence-corrected chi connectivity index (χ2v) is 5.69. The molecule has 1 heterocycles. The zero-order valence-electron chi connectivity index (χ0n) is 11.6. The van der Waals surface area contributed by atoms with E-state index in [-0.39, 0.29) is 24.2 Å². The molecule has 0 bridgehead atoms. The Morgan fingerprint density at radius 3 is 2.80 bits per heavy atom. The van der Waals surface area contributed by atoms with E-state index in [0.717, 1.165) is 23.2 Å². The van der Waals surface area contributed by atoms with Crippen LogP contribution in [0.1, 0.15) is 13.8 Å². The van der Waals surface area contributed by atoms with E-state index in [1.54, 1.807) is 0 Å². The Balaban J connectivity index is 0.00000200. The lowest BCUT2D eigenvalue weighted by atomic mass is 9.88. The molecule has 1 aromatic carbocycles. The molecule has 112 valence electrons. The molecule has 6 heteroatoms. The van der Waals surface area contributed by atoms with Crippen LogP contribution in [0.25, 0.3) is 0 Å². The maximum Gasteiger partial charge on any atom is 0.227 e. The predicted octanol–water partition coefficient (Wildman–Crippen LogP) is 3.06. The van der Waals surface area contributed by atoms with Gasteiger partial charge in [0.15, 0.2) is 0 Å². The highest BCUT2D eigenvalue weighted by Gasteiger charge is 2.29. The molecule has 1 amide bonds.